The highest BCUT2D eigenvalue weighted by molar-refractivity contribution is 6.01. The van der Waals surface area contributed by atoms with E-state index in [0.717, 1.165) is 5.56 Å². The van der Waals surface area contributed by atoms with Crippen molar-refractivity contribution in [3.05, 3.63) is 65.7 Å². The predicted molar refractivity (Wildman–Crippen MR) is 71.5 cm³/mol. The Labute approximate surface area is 111 Å². The fourth-order valence-electron chi connectivity index (χ4n) is 1.81. The maximum atomic E-state index is 12.1. The molecule has 2 aromatic carbocycles. The van der Waals surface area contributed by atoms with Crippen molar-refractivity contribution in [3.63, 3.8) is 0 Å². The van der Waals surface area contributed by atoms with Crippen LogP contribution in [0.4, 0.5) is 4.39 Å². The zero-order valence-electron chi connectivity index (χ0n) is 10.3. The molecule has 19 heavy (non-hydrogen) atoms. The minimum Gasteiger partial charge on any atom is -0.463 e. The third kappa shape index (κ3) is 3.55. The lowest BCUT2D eigenvalue weighted by atomic mass is 10.0. The molecule has 0 spiro atoms. The highest BCUT2D eigenvalue weighted by Crippen LogP contribution is 2.16. The minimum atomic E-state index is -0.881. The topological polar surface area (TPSA) is 41.8 Å². The van der Waals surface area contributed by atoms with Gasteiger partial charge in [0.2, 0.25) is 6.86 Å². The summed E-state index contributed by atoms with van der Waals surface area (Å²) in [7, 11) is 0. The van der Waals surface area contributed by atoms with Crippen LogP contribution in [0.25, 0.3) is 0 Å². The van der Waals surface area contributed by atoms with Crippen molar-refractivity contribution < 1.29 is 14.3 Å². The Morgan fingerprint density at radius 2 is 1.89 bits per heavy atom. The van der Waals surface area contributed by atoms with E-state index in [1.54, 1.807) is 24.3 Å². The van der Waals surface area contributed by atoms with Crippen LogP contribution in [0.3, 0.4) is 0 Å². The van der Waals surface area contributed by atoms with Crippen LogP contribution in [0.1, 0.15) is 11.1 Å². The van der Waals surface area contributed by atoms with E-state index in [9.17, 15) is 4.39 Å². The molecule has 2 aromatic rings. The Morgan fingerprint density at radius 1 is 1.11 bits per heavy atom. The van der Waals surface area contributed by atoms with Crippen LogP contribution in [0.5, 0.6) is 5.75 Å². The van der Waals surface area contributed by atoms with Gasteiger partial charge in [0.25, 0.3) is 0 Å². The number of nitrogens with zero attached hydrogens (tertiary/aromatic N) is 1. The smallest absolute Gasteiger partial charge is 0.228 e. The minimum absolute atomic E-state index is 0.411. The van der Waals surface area contributed by atoms with Gasteiger partial charge in [-0.2, -0.15) is 0 Å². The van der Waals surface area contributed by atoms with E-state index >= 15 is 0 Å². The zero-order chi connectivity index (χ0) is 13.5. The Hall–Kier alpha value is -2.36. The summed E-state index contributed by atoms with van der Waals surface area (Å²) in [6.07, 6.45) is 0.496. The first-order valence-electron chi connectivity index (χ1n) is 5.87. The number of hydrogen-bond donors (Lipinski definition) is 1. The molecule has 0 heterocycles. The van der Waals surface area contributed by atoms with Gasteiger partial charge in [-0.25, -0.2) is 4.39 Å². The van der Waals surface area contributed by atoms with E-state index in [1.165, 1.54) is 0 Å². The summed E-state index contributed by atoms with van der Waals surface area (Å²) in [6, 6.07) is 16.5. The molecule has 2 rings (SSSR count). The van der Waals surface area contributed by atoms with Crippen molar-refractivity contribution in [2.45, 2.75) is 6.42 Å². The summed E-state index contributed by atoms with van der Waals surface area (Å²) in [5.74, 6) is 0.411. The van der Waals surface area contributed by atoms with Crippen LogP contribution in [0.15, 0.2) is 59.8 Å². The summed E-state index contributed by atoms with van der Waals surface area (Å²) in [5, 5.41) is 12.5. The summed E-state index contributed by atoms with van der Waals surface area (Å²) < 4.78 is 16.9. The molecule has 0 aliphatic carbocycles. The number of oxime groups is 1. The van der Waals surface area contributed by atoms with Crippen molar-refractivity contribution in [2.24, 2.45) is 5.16 Å². The lowest BCUT2D eigenvalue weighted by molar-refractivity contribution is 0.192. The molecule has 0 unspecified atom stereocenters. The second kappa shape index (κ2) is 6.54. The third-order valence-corrected chi connectivity index (χ3v) is 2.72. The molecule has 0 saturated heterocycles. The molecular formula is C15H14FNO2. The lowest BCUT2D eigenvalue weighted by Gasteiger charge is -2.07. The number of halogens is 1. The molecule has 0 bridgehead atoms. The molecule has 0 fully saturated rings. The van der Waals surface area contributed by atoms with Crippen molar-refractivity contribution in [1.29, 1.82) is 0 Å². The number of alkyl halides is 1. The van der Waals surface area contributed by atoms with Crippen molar-refractivity contribution in [2.75, 3.05) is 6.86 Å². The van der Waals surface area contributed by atoms with Crippen LogP contribution < -0.4 is 4.74 Å². The van der Waals surface area contributed by atoms with Crippen molar-refractivity contribution in [1.82, 2.24) is 0 Å². The number of rotatable bonds is 5. The average Bonchev–Trinajstić information content (AvgIpc) is 2.46. The van der Waals surface area contributed by atoms with E-state index < -0.39 is 6.86 Å². The Balaban J connectivity index is 2.20. The van der Waals surface area contributed by atoms with E-state index in [0.29, 0.717) is 23.4 Å². The van der Waals surface area contributed by atoms with Crippen LogP contribution >= 0.6 is 0 Å². The standard InChI is InChI=1S/C15H14FNO2/c16-11-19-14-8-4-7-13(10-14)15(17-18)9-12-5-2-1-3-6-12/h1-8,10,18H,9,11H2. The molecule has 98 valence electrons. The highest BCUT2D eigenvalue weighted by Gasteiger charge is 2.07. The van der Waals surface area contributed by atoms with Crippen molar-refractivity contribution in [3.8, 4) is 5.75 Å². The molecule has 0 aromatic heterocycles. The van der Waals surface area contributed by atoms with Gasteiger partial charge in [0, 0.05) is 12.0 Å². The second-order valence-corrected chi connectivity index (χ2v) is 3.99. The Morgan fingerprint density at radius 3 is 2.58 bits per heavy atom. The van der Waals surface area contributed by atoms with Crippen LogP contribution in [-0.2, 0) is 6.42 Å². The Kier molecular flexibility index (Phi) is 4.50. The summed E-state index contributed by atoms with van der Waals surface area (Å²) in [5.41, 5.74) is 2.25. The molecule has 0 amide bonds. The monoisotopic (exact) mass is 259 g/mol. The molecule has 0 atom stereocenters. The quantitative estimate of drug-likeness (QED) is 0.508. The molecule has 3 nitrogen and oxygen atoms in total. The van der Waals surface area contributed by atoms with Crippen molar-refractivity contribution >= 4 is 5.71 Å². The normalized spacial score (nSPS) is 11.3. The van der Waals surface area contributed by atoms with Crippen LogP contribution in [0, 0.1) is 0 Å². The molecule has 0 radical (unpaired) electrons. The number of benzene rings is 2. The molecule has 0 saturated carbocycles. The first-order valence-corrected chi connectivity index (χ1v) is 5.87. The van der Waals surface area contributed by atoms with Gasteiger partial charge in [-0.15, -0.1) is 0 Å². The molecule has 1 N–H and O–H groups in total. The van der Waals surface area contributed by atoms with E-state index in [1.807, 2.05) is 30.3 Å². The summed E-state index contributed by atoms with van der Waals surface area (Å²) in [4.78, 5) is 0. The van der Waals surface area contributed by atoms with Gasteiger partial charge in [-0.05, 0) is 17.7 Å². The van der Waals surface area contributed by atoms with E-state index in [-0.39, 0.29) is 0 Å². The van der Waals surface area contributed by atoms with E-state index in [4.69, 9.17) is 9.94 Å². The Bertz CT molecular complexity index is 555. The van der Waals surface area contributed by atoms with Gasteiger partial charge in [-0.3, -0.25) is 0 Å². The molecular weight excluding hydrogens is 245 g/mol. The maximum absolute atomic E-state index is 12.1. The largest absolute Gasteiger partial charge is 0.463 e. The molecule has 0 aliphatic rings. The average molecular weight is 259 g/mol. The first kappa shape index (κ1) is 13.1. The van der Waals surface area contributed by atoms with Crippen LogP contribution in [-0.4, -0.2) is 17.8 Å². The maximum Gasteiger partial charge on any atom is 0.228 e. The zero-order valence-corrected chi connectivity index (χ0v) is 10.3. The van der Waals surface area contributed by atoms with Crippen LogP contribution in [0.2, 0.25) is 0 Å². The van der Waals surface area contributed by atoms with Gasteiger partial charge >= 0.3 is 0 Å². The SMILES string of the molecule is ON=C(Cc1ccccc1)c1cccc(OCF)c1. The van der Waals surface area contributed by atoms with Gasteiger partial charge in [0.05, 0.1) is 5.71 Å². The summed E-state index contributed by atoms with van der Waals surface area (Å²) >= 11 is 0. The van der Waals surface area contributed by atoms with Gasteiger partial charge in [-0.1, -0.05) is 47.6 Å². The highest BCUT2D eigenvalue weighted by atomic mass is 19.1. The molecule has 4 heteroatoms. The van der Waals surface area contributed by atoms with Gasteiger partial charge in [0.15, 0.2) is 0 Å². The third-order valence-electron chi connectivity index (χ3n) is 2.72. The first-order chi connectivity index (χ1) is 9.33. The second-order valence-electron chi connectivity index (χ2n) is 3.99. The van der Waals surface area contributed by atoms with E-state index in [2.05, 4.69) is 5.16 Å². The fourth-order valence-corrected chi connectivity index (χ4v) is 1.81. The van der Waals surface area contributed by atoms with Gasteiger partial charge < -0.3 is 9.94 Å². The number of ether oxygens (including phenoxy) is 1. The summed E-state index contributed by atoms with van der Waals surface area (Å²) in [6.45, 7) is -0.881. The lowest BCUT2D eigenvalue weighted by Crippen LogP contribution is -2.06. The predicted octanol–water partition coefficient (Wildman–Crippen LogP) is 3.41. The van der Waals surface area contributed by atoms with Gasteiger partial charge in [0.1, 0.15) is 5.75 Å². The number of hydrogen-bond acceptors (Lipinski definition) is 3. The fraction of sp³-hybridized carbons (Fsp3) is 0.133. The molecule has 0 aliphatic heterocycles.